The minimum atomic E-state index is -3.07. The zero-order chi connectivity index (χ0) is 17.9. The summed E-state index contributed by atoms with van der Waals surface area (Å²) in [4.78, 5) is 23.8. The number of hydrogen-bond acceptors (Lipinski definition) is 7. The molecular weight excluding hydrogens is 336 g/mol. The van der Waals surface area contributed by atoms with Gasteiger partial charge in [-0.2, -0.15) is 0 Å². The number of nitrogens with zero attached hydrogens (tertiary/aromatic N) is 1. The maximum absolute atomic E-state index is 12.0. The number of hydrogen-bond donors (Lipinski definition) is 1. The average molecular weight is 358 g/mol. The summed E-state index contributed by atoms with van der Waals surface area (Å²) in [6, 6.07) is -0.411. The number of aromatic nitrogens is 1. The van der Waals surface area contributed by atoms with Gasteiger partial charge in [0.2, 0.25) is 0 Å². The molecule has 2 heterocycles. The highest BCUT2D eigenvalue weighted by Crippen LogP contribution is 2.15. The van der Waals surface area contributed by atoms with E-state index >= 15 is 0 Å². The van der Waals surface area contributed by atoms with Crippen LogP contribution in [0.15, 0.2) is 4.52 Å². The van der Waals surface area contributed by atoms with Gasteiger partial charge in [0.1, 0.15) is 5.76 Å². The lowest BCUT2D eigenvalue weighted by atomic mass is 10.1. The molecule has 1 fully saturated rings. The summed E-state index contributed by atoms with van der Waals surface area (Å²) in [7, 11) is -3.07. The summed E-state index contributed by atoms with van der Waals surface area (Å²) in [6.45, 7) is 5.03. The number of ether oxygens (including phenoxy) is 1. The fourth-order valence-corrected chi connectivity index (χ4v) is 4.30. The summed E-state index contributed by atoms with van der Waals surface area (Å²) < 4.78 is 32.9. The van der Waals surface area contributed by atoms with Gasteiger partial charge in [-0.25, -0.2) is 8.42 Å². The third-order valence-electron chi connectivity index (χ3n) is 4.02. The van der Waals surface area contributed by atoms with Crippen molar-refractivity contribution < 1.29 is 27.3 Å². The molecule has 1 aliphatic heterocycles. The lowest BCUT2D eigenvalue weighted by molar-refractivity contribution is -0.155. The largest absolute Gasteiger partial charge is 0.453 e. The van der Waals surface area contributed by atoms with Gasteiger partial charge in [0.05, 0.1) is 17.2 Å². The Balaban J connectivity index is 1.77. The number of esters is 1. The molecular formula is C15H22N2O6S. The van der Waals surface area contributed by atoms with Crippen molar-refractivity contribution >= 4 is 21.7 Å². The molecule has 8 nitrogen and oxygen atoms in total. The second-order valence-electron chi connectivity index (χ2n) is 6.04. The minimum absolute atomic E-state index is 0.0640. The third kappa shape index (κ3) is 4.80. The molecule has 1 saturated heterocycles. The predicted octanol–water partition coefficient (Wildman–Crippen LogP) is 0.459. The topological polar surface area (TPSA) is 116 Å². The number of nitrogens with one attached hydrogen (secondary N) is 1. The van der Waals surface area contributed by atoms with Crippen LogP contribution in [0.2, 0.25) is 0 Å². The van der Waals surface area contributed by atoms with E-state index in [9.17, 15) is 18.0 Å². The smallest absolute Gasteiger partial charge is 0.306 e. The van der Waals surface area contributed by atoms with Crippen LogP contribution in [-0.4, -0.2) is 49.1 Å². The fourth-order valence-electron chi connectivity index (χ4n) is 2.62. The van der Waals surface area contributed by atoms with E-state index in [0.29, 0.717) is 18.6 Å². The second-order valence-corrected chi connectivity index (χ2v) is 8.27. The Morgan fingerprint density at radius 3 is 2.67 bits per heavy atom. The van der Waals surface area contributed by atoms with Gasteiger partial charge in [-0.15, -0.1) is 0 Å². The van der Waals surface area contributed by atoms with E-state index in [4.69, 9.17) is 9.26 Å². The highest BCUT2D eigenvalue weighted by Gasteiger charge is 2.30. The van der Waals surface area contributed by atoms with Crippen molar-refractivity contribution in [3.63, 3.8) is 0 Å². The van der Waals surface area contributed by atoms with Crippen molar-refractivity contribution in [1.29, 1.82) is 0 Å². The zero-order valence-electron chi connectivity index (χ0n) is 14.0. The van der Waals surface area contributed by atoms with Gasteiger partial charge in [-0.05, 0) is 33.6 Å². The first-order valence-corrected chi connectivity index (χ1v) is 9.62. The first-order chi connectivity index (χ1) is 11.2. The van der Waals surface area contributed by atoms with Gasteiger partial charge in [0.15, 0.2) is 15.9 Å². The van der Waals surface area contributed by atoms with E-state index in [0.717, 1.165) is 11.3 Å². The summed E-state index contributed by atoms with van der Waals surface area (Å²) in [6.07, 6.45) is -0.0422. The molecule has 24 heavy (non-hydrogen) atoms. The minimum Gasteiger partial charge on any atom is -0.453 e. The molecule has 1 aromatic heterocycles. The Bertz CT molecular complexity index is 705. The molecule has 1 aromatic rings. The summed E-state index contributed by atoms with van der Waals surface area (Å²) in [5.74, 6) is -0.317. The number of sulfone groups is 1. The zero-order valence-corrected chi connectivity index (χ0v) is 14.8. The van der Waals surface area contributed by atoms with Crippen molar-refractivity contribution in [2.75, 3.05) is 11.5 Å². The molecule has 0 unspecified atom stereocenters. The highest BCUT2D eigenvalue weighted by atomic mass is 32.2. The second kappa shape index (κ2) is 7.33. The Morgan fingerprint density at radius 1 is 1.42 bits per heavy atom. The highest BCUT2D eigenvalue weighted by molar-refractivity contribution is 7.91. The van der Waals surface area contributed by atoms with Crippen LogP contribution in [0, 0.1) is 13.8 Å². The van der Waals surface area contributed by atoms with Gasteiger partial charge in [0, 0.05) is 18.0 Å². The molecule has 1 N–H and O–H groups in total. The standard InChI is InChI=1S/C15H22N2O6S/c1-9-13(10(2)23-17-9)4-5-14(18)22-11(3)15(19)16-12-6-7-24(20,21)8-12/h11-12H,4-8H2,1-3H3,(H,16,19)/t11-,12-/m1/s1. The van der Waals surface area contributed by atoms with Crippen molar-refractivity contribution in [3.8, 4) is 0 Å². The maximum atomic E-state index is 12.0. The number of aryl methyl sites for hydroxylation is 2. The lowest BCUT2D eigenvalue weighted by Crippen LogP contribution is -2.42. The van der Waals surface area contributed by atoms with Crippen molar-refractivity contribution in [3.05, 3.63) is 17.0 Å². The Kier molecular flexibility index (Phi) is 5.63. The van der Waals surface area contributed by atoms with Gasteiger partial charge < -0.3 is 14.6 Å². The molecule has 134 valence electrons. The molecule has 2 rings (SSSR count). The Morgan fingerprint density at radius 2 is 2.12 bits per heavy atom. The van der Waals surface area contributed by atoms with Gasteiger partial charge >= 0.3 is 5.97 Å². The average Bonchev–Trinajstić information content (AvgIpc) is 2.99. The van der Waals surface area contributed by atoms with E-state index < -0.39 is 33.9 Å². The predicted molar refractivity (Wildman–Crippen MR) is 85.1 cm³/mol. The molecule has 0 aliphatic carbocycles. The van der Waals surface area contributed by atoms with E-state index in [-0.39, 0.29) is 17.9 Å². The van der Waals surface area contributed by atoms with Crippen molar-refractivity contribution in [2.24, 2.45) is 0 Å². The van der Waals surface area contributed by atoms with Crippen molar-refractivity contribution in [2.45, 2.75) is 52.2 Å². The van der Waals surface area contributed by atoms with E-state index in [1.807, 2.05) is 0 Å². The van der Waals surface area contributed by atoms with Crippen LogP contribution in [0.1, 0.15) is 36.8 Å². The molecule has 2 atom stereocenters. The van der Waals surface area contributed by atoms with Crippen LogP contribution in [0.25, 0.3) is 0 Å². The van der Waals surface area contributed by atoms with Gasteiger partial charge in [0.25, 0.3) is 5.91 Å². The van der Waals surface area contributed by atoms with Crippen LogP contribution in [-0.2, 0) is 30.6 Å². The van der Waals surface area contributed by atoms with Crippen molar-refractivity contribution in [1.82, 2.24) is 10.5 Å². The Hall–Kier alpha value is -1.90. The number of rotatable bonds is 6. The van der Waals surface area contributed by atoms with Crippen LogP contribution in [0.3, 0.4) is 0 Å². The molecule has 0 aromatic carbocycles. The van der Waals surface area contributed by atoms with Gasteiger partial charge in [-0.3, -0.25) is 9.59 Å². The Labute approximate surface area is 140 Å². The van der Waals surface area contributed by atoms with Crippen LogP contribution < -0.4 is 5.32 Å². The normalized spacial score (nSPS) is 20.5. The third-order valence-corrected chi connectivity index (χ3v) is 5.78. The monoisotopic (exact) mass is 358 g/mol. The van der Waals surface area contributed by atoms with E-state index in [1.54, 1.807) is 13.8 Å². The molecule has 9 heteroatoms. The SMILES string of the molecule is Cc1noc(C)c1CCC(=O)O[C@H](C)C(=O)N[C@@H]1CCS(=O)(=O)C1. The summed E-state index contributed by atoms with van der Waals surface area (Å²) in [5, 5.41) is 6.42. The first-order valence-electron chi connectivity index (χ1n) is 7.80. The van der Waals surface area contributed by atoms with Crippen LogP contribution in [0.5, 0.6) is 0 Å². The molecule has 0 spiro atoms. The van der Waals surface area contributed by atoms with Gasteiger partial charge in [-0.1, -0.05) is 5.16 Å². The van der Waals surface area contributed by atoms with E-state index in [2.05, 4.69) is 10.5 Å². The summed E-state index contributed by atoms with van der Waals surface area (Å²) in [5.41, 5.74) is 1.59. The first kappa shape index (κ1) is 18.4. The molecule has 1 amide bonds. The molecule has 1 aliphatic rings. The van der Waals surface area contributed by atoms with Crippen LogP contribution in [0.4, 0.5) is 0 Å². The summed E-state index contributed by atoms with van der Waals surface area (Å²) >= 11 is 0. The number of carbonyl (C=O) groups is 2. The molecule has 0 saturated carbocycles. The molecule has 0 radical (unpaired) electrons. The lowest BCUT2D eigenvalue weighted by Gasteiger charge is -2.16. The molecule has 0 bridgehead atoms. The number of amides is 1. The maximum Gasteiger partial charge on any atom is 0.306 e. The fraction of sp³-hybridized carbons (Fsp3) is 0.667. The number of carbonyl (C=O) groups excluding carboxylic acids is 2. The van der Waals surface area contributed by atoms with E-state index in [1.165, 1.54) is 6.92 Å². The quantitative estimate of drug-likeness (QED) is 0.734. The van der Waals surface area contributed by atoms with Crippen LogP contribution >= 0.6 is 0 Å².